The van der Waals surface area contributed by atoms with Crippen LogP contribution in [0.5, 0.6) is 5.75 Å². The Morgan fingerprint density at radius 3 is 2.45 bits per heavy atom. The summed E-state index contributed by atoms with van der Waals surface area (Å²) in [4.78, 5) is 0. The lowest BCUT2D eigenvalue weighted by molar-refractivity contribution is 0.470. The minimum atomic E-state index is -3.07. The van der Waals surface area contributed by atoms with Crippen LogP contribution < -0.4 is 0 Å². The predicted octanol–water partition coefficient (Wildman–Crippen LogP) is 5.84. The lowest BCUT2D eigenvalue weighted by Gasteiger charge is -2.25. The Kier molecular flexibility index (Phi) is 4.95. The van der Waals surface area contributed by atoms with Gasteiger partial charge in [-0.05, 0) is 87.3 Å². The Balaban J connectivity index is 1.61. The number of aromatic hydroxyl groups is 1. The Labute approximate surface area is 187 Å². The molecule has 0 bridgehead atoms. The molecule has 4 aromatic carbocycles. The maximum atomic E-state index is 12.2. The van der Waals surface area contributed by atoms with Gasteiger partial charge in [0.15, 0.2) is 9.84 Å². The number of phenolic OH excluding ortho intramolecular Hbond substituents is 1. The third-order valence-electron chi connectivity index (χ3n) is 6.51. The first-order valence-corrected chi connectivity index (χ1v) is 12.8. The SMILES string of the molecule is CS(=O)(=O)C1CCc2ccc3c(ccc4cc(Cc5ccc(Cl)cc5)c(O)cc43)c2C1. The van der Waals surface area contributed by atoms with Crippen LogP contribution in [0.2, 0.25) is 5.02 Å². The van der Waals surface area contributed by atoms with Crippen molar-refractivity contribution in [1.29, 1.82) is 0 Å². The van der Waals surface area contributed by atoms with E-state index in [0.29, 0.717) is 24.3 Å². The summed E-state index contributed by atoms with van der Waals surface area (Å²) in [5.74, 6) is 0.265. The van der Waals surface area contributed by atoms with Crippen LogP contribution in [0.3, 0.4) is 0 Å². The van der Waals surface area contributed by atoms with E-state index >= 15 is 0 Å². The molecule has 158 valence electrons. The van der Waals surface area contributed by atoms with Crippen LogP contribution in [0, 0.1) is 0 Å². The first-order chi connectivity index (χ1) is 14.8. The zero-order valence-electron chi connectivity index (χ0n) is 17.2. The summed E-state index contributed by atoms with van der Waals surface area (Å²) in [6.07, 6.45) is 3.98. The van der Waals surface area contributed by atoms with E-state index < -0.39 is 9.84 Å². The highest BCUT2D eigenvalue weighted by Crippen LogP contribution is 2.37. The monoisotopic (exact) mass is 450 g/mol. The van der Waals surface area contributed by atoms with Crippen molar-refractivity contribution in [2.75, 3.05) is 6.26 Å². The third kappa shape index (κ3) is 3.79. The molecular weight excluding hydrogens is 428 g/mol. The fourth-order valence-electron chi connectivity index (χ4n) is 4.78. The molecule has 0 aromatic heterocycles. The normalized spacial score (nSPS) is 16.5. The fourth-order valence-corrected chi connectivity index (χ4v) is 5.92. The molecule has 0 aliphatic heterocycles. The third-order valence-corrected chi connectivity index (χ3v) is 8.37. The summed E-state index contributed by atoms with van der Waals surface area (Å²) in [7, 11) is -3.07. The van der Waals surface area contributed by atoms with Gasteiger partial charge in [-0.1, -0.05) is 48.0 Å². The van der Waals surface area contributed by atoms with Gasteiger partial charge >= 0.3 is 0 Å². The second kappa shape index (κ2) is 7.54. The van der Waals surface area contributed by atoms with Gasteiger partial charge in [0, 0.05) is 17.7 Å². The number of fused-ring (bicyclic) bond motifs is 5. The highest BCUT2D eigenvalue weighted by atomic mass is 35.5. The van der Waals surface area contributed by atoms with Gasteiger partial charge in [-0.2, -0.15) is 0 Å². The molecule has 0 saturated heterocycles. The Bertz CT molecular complexity index is 1420. The molecule has 5 heteroatoms. The van der Waals surface area contributed by atoms with Gasteiger partial charge < -0.3 is 5.11 Å². The number of benzene rings is 4. The number of hydrogen-bond donors (Lipinski definition) is 1. The van der Waals surface area contributed by atoms with Crippen LogP contribution in [-0.4, -0.2) is 25.0 Å². The van der Waals surface area contributed by atoms with E-state index in [-0.39, 0.29) is 11.0 Å². The first-order valence-electron chi connectivity index (χ1n) is 10.4. The van der Waals surface area contributed by atoms with E-state index in [1.807, 2.05) is 36.4 Å². The van der Waals surface area contributed by atoms with Gasteiger partial charge in [0.1, 0.15) is 5.75 Å². The van der Waals surface area contributed by atoms with Crippen LogP contribution in [0.25, 0.3) is 21.5 Å². The van der Waals surface area contributed by atoms with Crippen LogP contribution in [-0.2, 0) is 29.1 Å². The van der Waals surface area contributed by atoms with Crippen LogP contribution in [0.1, 0.15) is 28.7 Å². The number of halogens is 1. The van der Waals surface area contributed by atoms with Crippen molar-refractivity contribution in [1.82, 2.24) is 0 Å². The maximum absolute atomic E-state index is 12.2. The highest BCUT2D eigenvalue weighted by molar-refractivity contribution is 7.91. The van der Waals surface area contributed by atoms with Crippen molar-refractivity contribution < 1.29 is 13.5 Å². The van der Waals surface area contributed by atoms with Gasteiger partial charge in [0.2, 0.25) is 0 Å². The molecule has 0 spiro atoms. The molecule has 1 unspecified atom stereocenters. The molecule has 3 nitrogen and oxygen atoms in total. The van der Waals surface area contributed by atoms with Crippen LogP contribution >= 0.6 is 11.6 Å². The number of sulfone groups is 1. The molecule has 0 fully saturated rings. The lowest BCUT2D eigenvalue weighted by Crippen LogP contribution is -2.27. The summed E-state index contributed by atoms with van der Waals surface area (Å²) in [5, 5.41) is 15.3. The van der Waals surface area contributed by atoms with Crippen molar-refractivity contribution in [2.45, 2.75) is 30.9 Å². The topological polar surface area (TPSA) is 54.4 Å². The van der Waals surface area contributed by atoms with Crippen molar-refractivity contribution in [3.05, 3.63) is 87.9 Å². The van der Waals surface area contributed by atoms with Gasteiger partial charge in [-0.25, -0.2) is 8.42 Å². The standard InChI is InChI=1S/C26H23ClO3S/c1-31(29,30)21-9-4-17-5-10-23-22(24(17)14-21)11-6-18-13-19(26(28)15-25(18)23)12-16-2-7-20(27)8-3-16/h2-3,5-8,10-11,13,15,21,28H,4,9,12,14H2,1H3. The average molecular weight is 451 g/mol. The largest absolute Gasteiger partial charge is 0.508 e. The van der Waals surface area contributed by atoms with Gasteiger partial charge in [-0.3, -0.25) is 0 Å². The van der Waals surface area contributed by atoms with E-state index in [1.54, 1.807) is 0 Å². The summed E-state index contributed by atoms with van der Waals surface area (Å²) in [6.45, 7) is 0. The summed E-state index contributed by atoms with van der Waals surface area (Å²) in [5.41, 5.74) is 4.31. The molecule has 0 heterocycles. The minimum Gasteiger partial charge on any atom is -0.508 e. The lowest BCUT2D eigenvalue weighted by atomic mass is 9.86. The number of hydrogen-bond acceptors (Lipinski definition) is 3. The number of rotatable bonds is 3. The molecule has 0 radical (unpaired) electrons. The van der Waals surface area contributed by atoms with E-state index in [4.69, 9.17) is 11.6 Å². The summed E-state index contributed by atoms with van der Waals surface area (Å²) < 4.78 is 24.3. The molecule has 1 atom stereocenters. The van der Waals surface area contributed by atoms with Gasteiger partial charge in [0.05, 0.1) is 5.25 Å². The molecule has 1 N–H and O–H groups in total. The average Bonchev–Trinajstić information content (AvgIpc) is 2.74. The Morgan fingerprint density at radius 1 is 0.968 bits per heavy atom. The fraction of sp³-hybridized carbons (Fsp3) is 0.231. The molecule has 5 rings (SSSR count). The van der Waals surface area contributed by atoms with E-state index in [1.165, 1.54) is 11.8 Å². The molecule has 0 amide bonds. The molecule has 4 aromatic rings. The van der Waals surface area contributed by atoms with Gasteiger partial charge in [0.25, 0.3) is 0 Å². The zero-order chi connectivity index (χ0) is 21.8. The Hall–Kier alpha value is -2.56. The van der Waals surface area contributed by atoms with E-state index in [9.17, 15) is 13.5 Å². The molecule has 1 aliphatic rings. The quantitative estimate of drug-likeness (QED) is 0.398. The summed E-state index contributed by atoms with van der Waals surface area (Å²) in [6, 6.07) is 19.9. The predicted molar refractivity (Wildman–Crippen MR) is 128 cm³/mol. The van der Waals surface area contributed by atoms with Crippen LogP contribution in [0.4, 0.5) is 0 Å². The second-order valence-corrected chi connectivity index (χ2v) is 11.3. The zero-order valence-corrected chi connectivity index (χ0v) is 18.8. The number of aryl methyl sites for hydroxylation is 1. The smallest absolute Gasteiger partial charge is 0.150 e. The van der Waals surface area contributed by atoms with E-state index in [2.05, 4.69) is 24.3 Å². The first kappa shape index (κ1) is 20.3. The van der Waals surface area contributed by atoms with Crippen molar-refractivity contribution in [2.24, 2.45) is 0 Å². The molecular formula is C26H23ClO3S. The summed E-state index contributed by atoms with van der Waals surface area (Å²) >= 11 is 5.98. The maximum Gasteiger partial charge on any atom is 0.150 e. The number of phenols is 1. The highest BCUT2D eigenvalue weighted by Gasteiger charge is 2.27. The molecule has 1 aliphatic carbocycles. The minimum absolute atomic E-state index is 0.265. The van der Waals surface area contributed by atoms with Crippen molar-refractivity contribution in [3.8, 4) is 5.75 Å². The van der Waals surface area contributed by atoms with Crippen molar-refractivity contribution in [3.63, 3.8) is 0 Å². The van der Waals surface area contributed by atoms with Gasteiger partial charge in [-0.15, -0.1) is 0 Å². The second-order valence-electron chi connectivity index (χ2n) is 8.56. The van der Waals surface area contributed by atoms with Crippen LogP contribution in [0.15, 0.2) is 60.7 Å². The Morgan fingerprint density at radius 2 is 1.71 bits per heavy atom. The van der Waals surface area contributed by atoms with Crippen molar-refractivity contribution >= 4 is 43.0 Å². The molecule has 31 heavy (non-hydrogen) atoms. The van der Waals surface area contributed by atoms with E-state index in [0.717, 1.165) is 44.7 Å². The molecule has 0 saturated carbocycles.